The normalized spacial score (nSPS) is 20.4. The average molecular weight is 402 g/mol. The van der Waals surface area contributed by atoms with E-state index in [9.17, 15) is 8.42 Å². The quantitative estimate of drug-likeness (QED) is 0.824. The predicted molar refractivity (Wildman–Crippen MR) is 110 cm³/mol. The molecule has 0 radical (unpaired) electrons. The summed E-state index contributed by atoms with van der Waals surface area (Å²) >= 11 is 0. The number of methoxy groups -OCH3 is 1. The maximum absolute atomic E-state index is 12.8. The van der Waals surface area contributed by atoms with E-state index in [4.69, 9.17) is 4.74 Å². The fourth-order valence-electron chi connectivity index (χ4n) is 4.02. The largest absolute Gasteiger partial charge is 0.497 e. The van der Waals surface area contributed by atoms with E-state index in [1.54, 1.807) is 13.2 Å². The number of nitrogens with zero attached hydrogens (tertiary/aromatic N) is 1. The number of aryl methyl sites for hydroxylation is 1. The van der Waals surface area contributed by atoms with Crippen LogP contribution in [0.4, 0.5) is 5.69 Å². The number of piperidine rings is 1. The van der Waals surface area contributed by atoms with Crippen molar-refractivity contribution in [2.45, 2.75) is 36.7 Å². The number of likely N-dealkylation sites (tertiary alicyclic amines) is 1. The molecule has 1 saturated heterocycles. The van der Waals surface area contributed by atoms with Crippen LogP contribution in [-0.4, -0.2) is 45.7 Å². The molecule has 0 amide bonds. The molecule has 1 fully saturated rings. The Morgan fingerprint density at radius 1 is 1.11 bits per heavy atom. The number of benzene rings is 2. The van der Waals surface area contributed by atoms with Crippen LogP contribution in [-0.2, 0) is 16.4 Å². The Morgan fingerprint density at radius 2 is 1.82 bits per heavy atom. The van der Waals surface area contributed by atoms with Crippen molar-refractivity contribution >= 4 is 15.7 Å². The van der Waals surface area contributed by atoms with E-state index in [2.05, 4.69) is 27.1 Å². The van der Waals surface area contributed by atoms with E-state index in [1.807, 2.05) is 31.2 Å². The fraction of sp³-hybridized carbons (Fsp3) is 0.429. The van der Waals surface area contributed by atoms with Crippen molar-refractivity contribution in [2.24, 2.45) is 0 Å². The Hall–Kier alpha value is -2.09. The van der Waals surface area contributed by atoms with Gasteiger partial charge in [-0.3, -0.25) is 0 Å². The average Bonchev–Trinajstić information content (AvgIpc) is 2.68. The third kappa shape index (κ3) is 3.87. The van der Waals surface area contributed by atoms with Crippen molar-refractivity contribution in [3.8, 4) is 5.75 Å². The van der Waals surface area contributed by atoms with Gasteiger partial charge in [0.1, 0.15) is 16.3 Å². The van der Waals surface area contributed by atoms with E-state index in [0.29, 0.717) is 10.6 Å². The second-order valence-corrected chi connectivity index (χ2v) is 9.40. The molecule has 2 aliphatic rings. The summed E-state index contributed by atoms with van der Waals surface area (Å²) in [6.45, 7) is 4.58. The van der Waals surface area contributed by atoms with Crippen molar-refractivity contribution in [1.29, 1.82) is 0 Å². The lowest BCUT2D eigenvalue weighted by molar-refractivity contribution is 0.166. The molecule has 0 aliphatic carbocycles. The molecular formula is C21H27N3O3S. The second kappa shape index (κ2) is 7.39. The molecule has 0 unspecified atom stereocenters. The molecule has 1 spiro atoms. The summed E-state index contributed by atoms with van der Waals surface area (Å²) in [4.78, 5) is 2.75. The molecule has 0 aromatic heterocycles. The van der Waals surface area contributed by atoms with Crippen molar-refractivity contribution in [3.05, 3.63) is 53.6 Å². The van der Waals surface area contributed by atoms with Crippen LogP contribution in [0.2, 0.25) is 0 Å². The van der Waals surface area contributed by atoms with Crippen molar-refractivity contribution in [3.63, 3.8) is 0 Å². The summed E-state index contributed by atoms with van der Waals surface area (Å²) in [7, 11) is -1.82. The number of hydrogen-bond donors (Lipinski definition) is 2. The van der Waals surface area contributed by atoms with Crippen LogP contribution in [0.25, 0.3) is 0 Å². The lowest BCUT2D eigenvalue weighted by Gasteiger charge is -2.45. The van der Waals surface area contributed by atoms with Gasteiger partial charge in [-0.05, 0) is 61.6 Å². The number of sulfonamides is 1. The van der Waals surface area contributed by atoms with Crippen LogP contribution in [0.3, 0.4) is 0 Å². The molecule has 0 atom stereocenters. The Labute approximate surface area is 166 Å². The molecule has 7 heteroatoms. The first-order chi connectivity index (χ1) is 13.4. The van der Waals surface area contributed by atoms with E-state index in [-0.39, 0.29) is 0 Å². The fourth-order valence-corrected chi connectivity index (χ4v) is 5.64. The van der Waals surface area contributed by atoms with E-state index >= 15 is 0 Å². The van der Waals surface area contributed by atoms with Gasteiger partial charge < -0.3 is 15.0 Å². The minimum absolute atomic E-state index is 0.347. The zero-order chi connectivity index (χ0) is 19.8. The summed E-state index contributed by atoms with van der Waals surface area (Å²) in [6.07, 6.45) is 2.45. The summed E-state index contributed by atoms with van der Waals surface area (Å²) in [6, 6.07) is 13.7. The van der Waals surface area contributed by atoms with Crippen LogP contribution in [0.5, 0.6) is 5.75 Å². The van der Waals surface area contributed by atoms with Gasteiger partial charge in [-0.15, -0.1) is 0 Å². The Bertz CT molecular complexity index is 949. The van der Waals surface area contributed by atoms with Gasteiger partial charge in [0.05, 0.1) is 12.8 Å². The molecular weight excluding hydrogens is 374 g/mol. The molecule has 4 rings (SSSR count). The zero-order valence-electron chi connectivity index (χ0n) is 16.4. The summed E-state index contributed by atoms with van der Waals surface area (Å²) in [5.41, 5.74) is 2.34. The molecule has 2 aromatic carbocycles. The van der Waals surface area contributed by atoms with Gasteiger partial charge in [-0.1, -0.05) is 18.2 Å². The molecule has 150 valence electrons. The summed E-state index contributed by atoms with van der Waals surface area (Å²) < 4.78 is 33.7. The maximum Gasteiger partial charge on any atom is 0.244 e. The molecule has 2 N–H and O–H groups in total. The van der Waals surface area contributed by atoms with Crippen LogP contribution in [0.1, 0.15) is 24.0 Å². The number of anilines is 1. The molecule has 2 aromatic rings. The van der Waals surface area contributed by atoms with E-state index in [0.717, 1.165) is 50.2 Å². The lowest BCUT2D eigenvalue weighted by Crippen LogP contribution is -2.62. The summed E-state index contributed by atoms with van der Waals surface area (Å²) in [5.74, 6) is 0.870. The molecule has 6 nitrogen and oxygen atoms in total. The summed E-state index contributed by atoms with van der Waals surface area (Å²) in [5, 5.41) is 3.47. The maximum atomic E-state index is 12.8. The topological polar surface area (TPSA) is 70.7 Å². The molecule has 28 heavy (non-hydrogen) atoms. The number of rotatable bonds is 4. The monoisotopic (exact) mass is 401 g/mol. The Kier molecular flexibility index (Phi) is 5.07. The van der Waals surface area contributed by atoms with Crippen LogP contribution in [0.15, 0.2) is 47.4 Å². The lowest BCUT2D eigenvalue weighted by atomic mass is 9.96. The van der Waals surface area contributed by atoms with E-state index in [1.165, 1.54) is 5.56 Å². The highest BCUT2D eigenvalue weighted by molar-refractivity contribution is 7.89. The van der Waals surface area contributed by atoms with Gasteiger partial charge in [0, 0.05) is 19.6 Å². The van der Waals surface area contributed by atoms with Gasteiger partial charge >= 0.3 is 0 Å². The van der Waals surface area contributed by atoms with Crippen molar-refractivity contribution < 1.29 is 13.2 Å². The van der Waals surface area contributed by atoms with Gasteiger partial charge in [0.25, 0.3) is 0 Å². The second-order valence-electron chi connectivity index (χ2n) is 7.75. The number of hydrogen-bond acceptors (Lipinski definition) is 5. The first-order valence-corrected chi connectivity index (χ1v) is 11.2. The predicted octanol–water partition coefficient (Wildman–Crippen LogP) is 2.74. The molecule has 2 heterocycles. The standard InChI is InChI=1S/C21H27N3O3S/c1-16-3-8-19-20(15-16)28(25,26)23-21(22-19)10-13-24(14-11-21)12-9-17-4-6-18(27-2)7-5-17/h3-8,15,22-23H,9-14H2,1-2H3. The number of fused-ring (bicyclic) bond motifs is 1. The smallest absolute Gasteiger partial charge is 0.244 e. The molecule has 0 bridgehead atoms. The van der Waals surface area contributed by atoms with Gasteiger partial charge in [0.2, 0.25) is 10.0 Å². The third-order valence-corrected chi connectivity index (χ3v) is 7.29. The number of ether oxygens (including phenoxy) is 1. The highest BCUT2D eigenvalue weighted by Gasteiger charge is 2.42. The molecule has 2 aliphatic heterocycles. The van der Waals surface area contributed by atoms with Gasteiger partial charge in [-0.2, -0.15) is 4.72 Å². The highest BCUT2D eigenvalue weighted by Crippen LogP contribution is 2.35. The van der Waals surface area contributed by atoms with Crippen molar-refractivity contribution in [1.82, 2.24) is 9.62 Å². The van der Waals surface area contributed by atoms with Gasteiger partial charge in [-0.25, -0.2) is 8.42 Å². The van der Waals surface area contributed by atoms with Crippen LogP contribution in [0, 0.1) is 6.92 Å². The van der Waals surface area contributed by atoms with Crippen molar-refractivity contribution in [2.75, 3.05) is 32.1 Å². The minimum atomic E-state index is -3.49. The first kappa shape index (κ1) is 19.2. The van der Waals surface area contributed by atoms with Gasteiger partial charge in [0.15, 0.2) is 0 Å². The third-order valence-electron chi connectivity index (χ3n) is 5.72. The molecule has 0 saturated carbocycles. The van der Waals surface area contributed by atoms with Crippen LogP contribution < -0.4 is 14.8 Å². The first-order valence-electron chi connectivity index (χ1n) is 9.67. The minimum Gasteiger partial charge on any atom is -0.497 e. The number of nitrogens with one attached hydrogen (secondary N) is 2. The van der Waals surface area contributed by atoms with E-state index < -0.39 is 15.7 Å². The Balaban J connectivity index is 1.39. The zero-order valence-corrected chi connectivity index (χ0v) is 17.2. The highest BCUT2D eigenvalue weighted by atomic mass is 32.2. The SMILES string of the molecule is COc1ccc(CCN2CCC3(CC2)Nc2ccc(C)cc2S(=O)(=O)N3)cc1. The van der Waals surface area contributed by atoms with Crippen LogP contribution >= 0.6 is 0 Å². The Morgan fingerprint density at radius 3 is 2.50 bits per heavy atom.